The maximum absolute atomic E-state index is 13.0. The van der Waals surface area contributed by atoms with Crippen molar-refractivity contribution in [2.45, 2.75) is 48.7 Å². The Balaban J connectivity index is -0.000000510. The molecule has 0 unspecified atom stereocenters. The molecule has 2 aliphatic rings. The lowest BCUT2D eigenvalue weighted by atomic mass is 10.1. The molecule has 0 atom stereocenters. The van der Waals surface area contributed by atoms with Crippen LogP contribution in [0, 0.1) is 0 Å². The number of nitrogens with zero attached hydrogens (tertiary/aromatic N) is 8. The van der Waals surface area contributed by atoms with Crippen LogP contribution in [-0.4, -0.2) is 146 Å². The summed E-state index contributed by atoms with van der Waals surface area (Å²) in [6.45, 7) is 14.1. The van der Waals surface area contributed by atoms with Gasteiger partial charge in [0.05, 0.1) is 31.8 Å². The Hall–Kier alpha value is -5.66. The van der Waals surface area contributed by atoms with E-state index >= 15 is 0 Å². The third-order valence-electron chi connectivity index (χ3n) is 9.28. The van der Waals surface area contributed by atoms with Crippen LogP contribution in [0.4, 0.5) is 48.1 Å². The number of hydrogen-bond donors (Lipinski definition) is 4. The molecule has 4 N–H and O–H groups in total. The molecule has 2 aromatic carbocycles. The van der Waals surface area contributed by atoms with Crippen molar-refractivity contribution in [3.05, 3.63) is 70.5 Å². The van der Waals surface area contributed by atoms with Crippen LogP contribution in [0.15, 0.2) is 48.8 Å². The quantitative estimate of drug-likeness (QED) is 0.119. The summed E-state index contributed by atoms with van der Waals surface area (Å²) in [5, 5.41) is 11.7. The molecule has 4 heterocycles. The van der Waals surface area contributed by atoms with Crippen LogP contribution in [0.3, 0.4) is 0 Å². The lowest BCUT2D eigenvalue weighted by molar-refractivity contribution is -0.137. The summed E-state index contributed by atoms with van der Waals surface area (Å²) in [4.78, 5) is 49.6. The number of hydrogen-bond acceptors (Lipinski definition) is 14. The number of aromatic nitrogens is 4. The zero-order valence-corrected chi connectivity index (χ0v) is 37.3. The van der Waals surface area contributed by atoms with Crippen LogP contribution in [0.5, 0.6) is 11.5 Å². The van der Waals surface area contributed by atoms with Gasteiger partial charge in [-0.15, -0.1) is 0 Å². The number of methoxy groups -OCH3 is 2. The molecule has 4 aromatic rings. The van der Waals surface area contributed by atoms with Crippen molar-refractivity contribution < 1.29 is 37.9 Å². The molecule has 2 aromatic heterocycles. The molecule has 6 rings (SSSR count). The Bertz CT molecular complexity index is 2050. The monoisotopic (exact) mass is 915 g/mol. The Labute approximate surface area is 381 Å². The van der Waals surface area contributed by atoms with Gasteiger partial charge in [-0.1, -0.05) is 54.1 Å². The van der Waals surface area contributed by atoms with E-state index in [9.17, 15) is 22.8 Å². The van der Waals surface area contributed by atoms with E-state index in [4.69, 9.17) is 21.1 Å². The molecular formula is C43H74ClF3N12O4. The average Bonchev–Trinajstić information content (AvgIpc) is 3.28. The molecule has 358 valence electrons. The fourth-order valence-corrected chi connectivity index (χ4v) is 6.11. The van der Waals surface area contributed by atoms with Gasteiger partial charge in [0.2, 0.25) is 11.9 Å². The van der Waals surface area contributed by atoms with Gasteiger partial charge in [-0.05, 0) is 50.5 Å². The third kappa shape index (κ3) is 15.3. The number of piperazine rings is 2. The highest BCUT2D eigenvalue weighted by Gasteiger charge is 2.35. The van der Waals surface area contributed by atoms with Crippen molar-refractivity contribution in [2.75, 3.05) is 116 Å². The van der Waals surface area contributed by atoms with Crippen LogP contribution in [0.2, 0.25) is 5.02 Å². The van der Waals surface area contributed by atoms with E-state index in [0.29, 0.717) is 70.1 Å². The maximum Gasteiger partial charge on any atom is 0.421 e. The summed E-state index contributed by atoms with van der Waals surface area (Å²) in [5.41, 5.74) is 1.18. The van der Waals surface area contributed by atoms with Crippen LogP contribution >= 0.6 is 11.6 Å². The van der Waals surface area contributed by atoms with Gasteiger partial charge < -0.3 is 50.3 Å². The van der Waals surface area contributed by atoms with E-state index in [1.54, 1.807) is 55.5 Å². The van der Waals surface area contributed by atoms with Crippen LogP contribution < -0.4 is 30.7 Å². The second-order valence-corrected chi connectivity index (χ2v) is 13.5. The van der Waals surface area contributed by atoms with Gasteiger partial charge in [-0.25, -0.2) is 9.97 Å². The van der Waals surface area contributed by atoms with Crippen molar-refractivity contribution in [1.29, 1.82) is 0 Å². The highest BCUT2D eigenvalue weighted by Crippen LogP contribution is 2.35. The number of ether oxygens (including phenoxy) is 2. The molecule has 63 heavy (non-hydrogen) atoms. The number of likely N-dealkylation sites (N-methyl/N-ethyl adjacent to an activating group) is 2. The van der Waals surface area contributed by atoms with Gasteiger partial charge >= 0.3 is 6.18 Å². The minimum Gasteiger partial charge on any atom is -0.495 e. The van der Waals surface area contributed by atoms with Gasteiger partial charge in [0.1, 0.15) is 33.7 Å². The number of carbonyl (C=O) groups is 2. The van der Waals surface area contributed by atoms with E-state index in [0.717, 1.165) is 39.3 Å². The van der Waals surface area contributed by atoms with Crippen molar-refractivity contribution in [2.24, 2.45) is 0 Å². The van der Waals surface area contributed by atoms with E-state index in [2.05, 4.69) is 58.1 Å². The SMILES string of the molecule is C.C.CC.CC.CNc1nc(Nc2ccc(C(=O)N3CCN(C)CC3)cc2OC)ncc1C(F)(F)F.CNc1nc(Nc2ccc(C(=O)N3CCN(C)CC3)cc2OC)ncc1Cl.[HH].[HH].[HH].[HH]. The standard InChI is InChI=1S/C19H23F3N6O2.C18H23ClN6O2.2C2H6.2CH4.4H2/c1-23-16-13(19(20,21)22)11-24-18(26-16)25-14-5-4-12(10-15(14)30-3)17(29)28-8-6-27(2)7-9-28;1-20-16-13(19)11-21-18(23-16)22-14-5-4-12(10-15(14)27-3)17(26)25-8-6-24(2)7-9-25;2*1-2;;;;;;/h4-5,10-11H,6-9H2,1-3H3,(H2,23,24,25,26);4-5,10-11H,6-9H2,1-3H3,(H2,20,21,22,23);2*1-2H3;2*1H4;4*1H. The normalized spacial score (nSPS) is 13.7. The number of nitrogens with one attached hydrogen (secondary N) is 4. The summed E-state index contributed by atoms with van der Waals surface area (Å²) >= 11 is 6.01. The molecule has 2 fully saturated rings. The summed E-state index contributed by atoms with van der Waals surface area (Å²) in [7, 11) is 10.2. The Kier molecular flexibility index (Phi) is 23.5. The fraction of sp³-hybridized carbons (Fsp3) is 0.488. The van der Waals surface area contributed by atoms with Gasteiger partial charge in [0, 0.05) is 89.5 Å². The molecule has 0 bridgehead atoms. The Morgan fingerprint density at radius 3 is 1.41 bits per heavy atom. The van der Waals surface area contributed by atoms with Crippen LogP contribution in [0.1, 0.15) is 74.5 Å². The van der Waals surface area contributed by atoms with Crippen LogP contribution in [0.25, 0.3) is 0 Å². The highest BCUT2D eigenvalue weighted by molar-refractivity contribution is 6.32. The van der Waals surface area contributed by atoms with Gasteiger partial charge in [-0.2, -0.15) is 23.1 Å². The van der Waals surface area contributed by atoms with E-state index in [-0.39, 0.29) is 44.1 Å². The molecule has 0 saturated carbocycles. The predicted octanol–water partition coefficient (Wildman–Crippen LogP) is 9.30. The summed E-state index contributed by atoms with van der Waals surface area (Å²) in [6.07, 6.45) is -2.35. The summed E-state index contributed by atoms with van der Waals surface area (Å²) in [5.74, 6) is 1.31. The molecule has 16 nitrogen and oxygen atoms in total. The second-order valence-electron chi connectivity index (χ2n) is 13.1. The number of carbonyl (C=O) groups excluding carboxylic acids is 2. The number of halogens is 4. The lowest BCUT2D eigenvalue weighted by Gasteiger charge is -2.32. The van der Waals surface area contributed by atoms with Gasteiger partial charge in [0.15, 0.2) is 0 Å². The first-order valence-corrected chi connectivity index (χ1v) is 20.3. The first-order valence-electron chi connectivity index (χ1n) is 19.9. The zero-order valence-electron chi connectivity index (χ0n) is 36.5. The number of alkyl halides is 3. The van der Waals surface area contributed by atoms with Crippen molar-refractivity contribution in [1.82, 2.24) is 39.5 Å². The number of rotatable bonds is 10. The molecule has 2 saturated heterocycles. The molecular weight excluding hydrogens is 841 g/mol. The fourth-order valence-electron chi connectivity index (χ4n) is 5.92. The topological polar surface area (TPSA) is 165 Å². The van der Waals surface area contributed by atoms with E-state index < -0.39 is 11.7 Å². The second kappa shape index (κ2) is 26.7. The van der Waals surface area contributed by atoms with Crippen molar-refractivity contribution in [3.63, 3.8) is 0 Å². The number of anilines is 6. The third-order valence-corrected chi connectivity index (χ3v) is 9.56. The minimum atomic E-state index is -4.57. The molecule has 2 amide bonds. The van der Waals surface area contributed by atoms with E-state index in [1.807, 2.05) is 39.6 Å². The van der Waals surface area contributed by atoms with Crippen molar-refractivity contribution >= 4 is 58.3 Å². The first kappa shape index (κ1) is 55.4. The molecule has 0 radical (unpaired) electrons. The molecule has 20 heteroatoms. The Morgan fingerprint density at radius 2 is 1.05 bits per heavy atom. The minimum absolute atomic E-state index is 0. The van der Waals surface area contributed by atoms with Gasteiger partial charge in [-0.3, -0.25) is 9.59 Å². The smallest absolute Gasteiger partial charge is 0.421 e. The largest absolute Gasteiger partial charge is 0.495 e. The first-order chi connectivity index (χ1) is 29.2. The van der Waals surface area contributed by atoms with Crippen LogP contribution in [-0.2, 0) is 6.18 Å². The Morgan fingerprint density at radius 1 is 0.667 bits per heavy atom. The summed E-state index contributed by atoms with van der Waals surface area (Å²) < 4.78 is 49.8. The number of benzene rings is 2. The number of amides is 2. The average molecular weight is 916 g/mol. The van der Waals surface area contributed by atoms with Crippen molar-refractivity contribution in [3.8, 4) is 11.5 Å². The molecule has 0 spiro atoms. The lowest BCUT2D eigenvalue weighted by Crippen LogP contribution is -2.47. The predicted molar refractivity (Wildman–Crippen MR) is 257 cm³/mol. The van der Waals surface area contributed by atoms with Gasteiger partial charge in [0.25, 0.3) is 11.8 Å². The molecule has 0 aliphatic carbocycles. The highest BCUT2D eigenvalue weighted by atomic mass is 35.5. The summed E-state index contributed by atoms with van der Waals surface area (Å²) in [6, 6.07) is 10.1. The zero-order chi connectivity index (χ0) is 45.3. The maximum atomic E-state index is 13.0. The van der Waals surface area contributed by atoms with E-state index in [1.165, 1.54) is 20.4 Å². The molecule has 2 aliphatic heterocycles.